The first-order valence-electron chi connectivity index (χ1n) is 7.16. The Morgan fingerprint density at radius 3 is 2.76 bits per heavy atom. The predicted molar refractivity (Wildman–Crippen MR) is 80.4 cm³/mol. The van der Waals surface area contributed by atoms with Crippen LogP contribution in [0.2, 0.25) is 0 Å². The first-order chi connectivity index (χ1) is 10.2. The van der Waals surface area contributed by atoms with Crippen LogP contribution in [0.1, 0.15) is 32.1 Å². The van der Waals surface area contributed by atoms with Gasteiger partial charge in [-0.2, -0.15) is 5.26 Å². The molecule has 3 N–H and O–H groups in total. The third-order valence-corrected chi connectivity index (χ3v) is 3.54. The molecule has 2 rings (SSSR count). The maximum absolute atomic E-state index is 12.0. The average Bonchev–Trinajstić information content (AvgIpc) is 2.49. The fourth-order valence-corrected chi connectivity index (χ4v) is 2.40. The van der Waals surface area contributed by atoms with E-state index in [1.165, 1.54) is 37.6 Å². The van der Waals surface area contributed by atoms with Gasteiger partial charge in [0.2, 0.25) is 0 Å². The summed E-state index contributed by atoms with van der Waals surface area (Å²) in [6, 6.07) is 8.47. The fourth-order valence-electron chi connectivity index (χ4n) is 2.40. The number of nitrogens with zero attached hydrogens (tertiary/aromatic N) is 1. The topological polar surface area (TPSA) is 85.2 Å². The number of rotatable bonds is 4. The molecule has 5 heteroatoms. The van der Waals surface area contributed by atoms with Crippen LogP contribution < -0.4 is 10.6 Å². The van der Waals surface area contributed by atoms with Crippen molar-refractivity contribution in [2.75, 3.05) is 5.32 Å². The van der Waals surface area contributed by atoms with E-state index < -0.39 is 5.91 Å². The molecular formula is C16H19N3O2. The number of phenolic OH excluding ortho intramolecular Hbond substituents is 1. The Kier molecular flexibility index (Phi) is 5.22. The number of phenols is 1. The fraction of sp³-hybridized carbons (Fsp3) is 0.375. The Hall–Kier alpha value is -2.48. The number of nitriles is 1. The van der Waals surface area contributed by atoms with Crippen molar-refractivity contribution in [3.63, 3.8) is 0 Å². The summed E-state index contributed by atoms with van der Waals surface area (Å²) in [5.74, 6) is -0.415. The SMILES string of the molecule is N#C/C(=C/NC1CCCCC1)C(=O)Nc1cccc(O)c1. The molecule has 0 saturated heterocycles. The number of nitrogens with one attached hydrogen (secondary N) is 2. The second kappa shape index (κ2) is 7.34. The normalized spacial score (nSPS) is 16.0. The van der Waals surface area contributed by atoms with Crippen LogP contribution in [0.15, 0.2) is 36.0 Å². The number of hydrogen-bond donors (Lipinski definition) is 3. The third kappa shape index (κ3) is 4.53. The summed E-state index contributed by atoms with van der Waals surface area (Å²) in [7, 11) is 0. The Morgan fingerprint density at radius 1 is 1.33 bits per heavy atom. The number of benzene rings is 1. The zero-order valence-electron chi connectivity index (χ0n) is 11.8. The van der Waals surface area contributed by atoms with Crippen molar-refractivity contribution >= 4 is 11.6 Å². The molecule has 1 aliphatic carbocycles. The van der Waals surface area contributed by atoms with Crippen molar-refractivity contribution in [3.8, 4) is 11.8 Å². The molecule has 0 aromatic heterocycles. The molecular weight excluding hydrogens is 266 g/mol. The quantitative estimate of drug-likeness (QED) is 0.586. The van der Waals surface area contributed by atoms with Gasteiger partial charge in [0, 0.05) is 24.0 Å². The van der Waals surface area contributed by atoms with E-state index in [4.69, 9.17) is 5.26 Å². The molecule has 1 amide bonds. The van der Waals surface area contributed by atoms with Crippen molar-refractivity contribution < 1.29 is 9.90 Å². The molecule has 0 aliphatic heterocycles. The minimum Gasteiger partial charge on any atom is -0.508 e. The summed E-state index contributed by atoms with van der Waals surface area (Å²) >= 11 is 0. The summed E-state index contributed by atoms with van der Waals surface area (Å²) in [6.45, 7) is 0. The number of hydrogen-bond acceptors (Lipinski definition) is 4. The van der Waals surface area contributed by atoms with Gasteiger partial charge in [-0.1, -0.05) is 25.3 Å². The first-order valence-corrected chi connectivity index (χ1v) is 7.16. The van der Waals surface area contributed by atoms with Gasteiger partial charge in [0.05, 0.1) is 0 Å². The Labute approximate surface area is 124 Å². The van der Waals surface area contributed by atoms with E-state index in [2.05, 4.69) is 10.6 Å². The number of carbonyl (C=O) groups excluding carboxylic acids is 1. The molecule has 0 heterocycles. The first kappa shape index (κ1) is 14.9. The van der Waals surface area contributed by atoms with Crippen molar-refractivity contribution in [2.45, 2.75) is 38.1 Å². The Balaban J connectivity index is 1.96. The molecule has 1 fully saturated rings. The van der Waals surface area contributed by atoms with Crippen molar-refractivity contribution in [1.82, 2.24) is 5.32 Å². The van der Waals surface area contributed by atoms with Gasteiger partial charge in [-0.05, 0) is 25.0 Å². The average molecular weight is 285 g/mol. The van der Waals surface area contributed by atoms with Gasteiger partial charge >= 0.3 is 0 Å². The minimum atomic E-state index is -0.480. The van der Waals surface area contributed by atoms with Crippen LogP contribution in [-0.2, 0) is 4.79 Å². The van der Waals surface area contributed by atoms with Gasteiger partial charge in [-0.25, -0.2) is 0 Å². The van der Waals surface area contributed by atoms with Gasteiger partial charge < -0.3 is 15.7 Å². The van der Waals surface area contributed by atoms with Crippen LogP contribution in [0.5, 0.6) is 5.75 Å². The van der Waals surface area contributed by atoms with E-state index in [0.29, 0.717) is 11.7 Å². The van der Waals surface area contributed by atoms with Crippen molar-refractivity contribution in [1.29, 1.82) is 5.26 Å². The Morgan fingerprint density at radius 2 is 2.10 bits per heavy atom. The summed E-state index contributed by atoms with van der Waals surface area (Å²) in [5.41, 5.74) is 0.489. The highest BCUT2D eigenvalue weighted by atomic mass is 16.3. The highest BCUT2D eigenvalue weighted by Gasteiger charge is 2.14. The number of carbonyl (C=O) groups is 1. The molecule has 0 radical (unpaired) electrons. The summed E-state index contributed by atoms with van der Waals surface area (Å²) in [5, 5.41) is 24.2. The highest BCUT2D eigenvalue weighted by molar-refractivity contribution is 6.06. The smallest absolute Gasteiger partial charge is 0.267 e. The van der Waals surface area contributed by atoms with Gasteiger partial charge in [-0.3, -0.25) is 4.79 Å². The molecule has 0 spiro atoms. The van der Waals surface area contributed by atoms with Gasteiger partial charge in [-0.15, -0.1) is 0 Å². The van der Waals surface area contributed by atoms with Crippen molar-refractivity contribution in [2.24, 2.45) is 0 Å². The highest BCUT2D eigenvalue weighted by Crippen LogP contribution is 2.18. The largest absolute Gasteiger partial charge is 0.508 e. The van der Waals surface area contributed by atoms with Crippen LogP contribution in [0.25, 0.3) is 0 Å². The van der Waals surface area contributed by atoms with Crippen LogP contribution in [-0.4, -0.2) is 17.1 Å². The van der Waals surface area contributed by atoms with E-state index in [1.807, 2.05) is 6.07 Å². The lowest BCUT2D eigenvalue weighted by Crippen LogP contribution is -2.28. The second-order valence-corrected chi connectivity index (χ2v) is 5.18. The molecule has 1 saturated carbocycles. The molecule has 1 aliphatic rings. The van der Waals surface area contributed by atoms with Gasteiger partial charge in [0.15, 0.2) is 0 Å². The van der Waals surface area contributed by atoms with Gasteiger partial charge in [0.25, 0.3) is 5.91 Å². The monoisotopic (exact) mass is 285 g/mol. The van der Waals surface area contributed by atoms with E-state index >= 15 is 0 Å². The summed E-state index contributed by atoms with van der Waals surface area (Å²) in [4.78, 5) is 12.0. The molecule has 5 nitrogen and oxygen atoms in total. The molecule has 0 atom stereocenters. The van der Waals surface area contributed by atoms with Gasteiger partial charge in [0.1, 0.15) is 17.4 Å². The zero-order valence-corrected chi connectivity index (χ0v) is 11.8. The standard InChI is InChI=1S/C16H19N3O2/c17-10-12(11-18-13-5-2-1-3-6-13)16(21)19-14-7-4-8-15(20)9-14/h4,7-9,11,13,18,20H,1-3,5-6H2,(H,19,21)/b12-11-. The molecule has 110 valence electrons. The molecule has 1 aromatic rings. The third-order valence-electron chi connectivity index (χ3n) is 3.54. The summed E-state index contributed by atoms with van der Waals surface area (Å²) < 4.78 is 0. The van der Waals surface area contributed by atoms with E-state index in [1.54, 1.807) is 12.1 Å². The summed E-state index contributed by atoms with van der Waals surface area (Å²) in [6.07, 6.45) is 7.26. The lowest BCUT2D eigenvalue weighted by Gasteiger charge is -2.21. The minimum absolute atomic E-state index is 0.0314. The maximum atomic E-state index is 12.0. The lowest BCUT2D eigenvalue weighted by molar-refractivity contribution is -0.112. The molecule has 1 aromatic carbocycles. The second-order valence-electron chi connectivity index (χ2n) is 5.18. The number of aromatic hydroxyl groups is 1. The van der Waals surface area contributed by atoms with E-state index in [9.17, 15) is 9.90 Å². The van der Waals surface area contributed by atoms with Crippen molar-refractivity contribution in [3.05, 3.63) is 36.0 Å². The zero-order chi connectivity index (χ0) is 15.1. The maximum Gasteiger partial charge on any atom is 0.267 e. The predicted octanol–water partition coefficient (Wildman–Crippen LogP) is 2.66. The number of amides is 1. The Bertz CT molecular complexity index is 569. The molecule has 0 unspecified atom stereocenters. The van der Waals surface area contributed by atoms with Crippen LogP contribution in [0.4, 0.5) is 5.69 Å². The number of anilines is 1. The van der Waals surface area contributed by atoms with Crippen LogP contribution in [0.3, 0.4) is 0 Å². The van der Waals surface area contributed by atoms with Crippen LogP contribution >= 0.6 is 0 Å². The lowest BCUT2D eigenvalue weighted by atomic mass is 9.96. The molecule has 21 heavy (non-hydrogen) atoms. The molecule has 0 bridgehead atoms. The van der Waals surface area contributed by atoms with Crippen LogP contribution in [0, 0.1) is 11.3 Å². The van der Waals surface area contributed by atoms with E-state index in [-0.39, 0.29) is 11.3 Å². The van der Waals surface area contributed by atoms with E-state index in [0.717, 1.165) is 12.8 Å².